The molecule has 19 heavy (non-hydrogen) atoms. The van der Waals surface area contributed by atoms with Crippen LogP contribution in [0.3, 0.4) is 0 Å². The second-order valence-corrected chi connectivity index (χ2v) is 5.16. The molecule has 3 aromatic rings. The second kappa shape index (κ2) is 4.94. The summed E-state index contributed by atoms with van der Waals surface area (Å²) in [6.07, 6.45) is 0. The molecule has 1 heterocycles. The molecule has 0 fully saturated rings. The van der Waals surface area contributed by atoms with E-state index in [9.17, 15) is 8.78 Å². The van der Waals surface area contributed by atoms with Crippen LogP contribution in [0.4, 0.5) is 8.78 Å². The summed E-state index contributed by atoms with van der Waals surface area (Å²) in [5.74, 6) is -1.12. The highest BCUT2D eigenvalue weighted by Gasteiger charge is 2.04. The topological polar surface area (TPSA) is 0 Å². The minimum Gasteiger partial charge on any atom is -0.207 e. The zero-order chi connectivity index (χ0) is 13.2. The number of benzene rings is 2. The number of rotatable bonds is 2. The number of hydrogen-bond acceptors (Lipinski definition) is 1. The third-order valence-corrected chi connectivity index (χ3v) is 3.81. The van der Waals surface area contributed by atoms with E-state index in [0.29, 0.717) is 5.56 Å². The predicted molar refractivity (Wildman–Crippen MR) is 75.1 cm³/mol. The summed E-state index contributed by atoms with van der Waals surface area (Å²) in [4.78, 5) is 1.18. The molecule has 0 atom stereocenters. The molecule has 94 valence electrons. The molecule has 0 spiro atoms. The summed E-state index contributed by atoms with van der Waals surface area (Å²) >= 11 is 1.66. The van der Waals surface area contributed by atoms with Crippen LogP contribution in [0.25, 0.3) is 21.6 Å². The fourth-order valence-corrected chi connectivity index (χ4v) is 2.72. The van der Waals surface area contributed by atoms with Crippen molar-refractivity contribution in [2.75, 3.05) is 0 Å². The zero-order valence-corrected chi connectivity index (χ0v) is 10.8. The molecule has 3 heteroatoms. The van der Waals surface area contributed by atoms with Gasteiger partial charge in [0.25, 0.3) is 0 Å². The molecular weight excluding hydrogens is 262 g/mol. The van der Waals surface area contributed by atoms with Crippen molar-refractivity contribution >= 4 is 11.3 Å². The van der Waals surface area contributed by atoms with Gasteiger partial charge in [0.15, 0.2) is 0 Å². The Morgan fingerprint density at radius 1 is 0.684 bits per heavy atom. The van der Waals surface area contributed by atoms with Crippen LogP contribution < -0.4 is 0 Å². The maximum atomic E-state index is 13.2. The lowest BCUT2D eigenvalue weighted by atomic mass is 10.0. The standard InChI is InChI=1S/C16H10F2S/c17-14-8-13(9-15(18)10-14)11-3-5-12(6-4-11)16-2-1-7-19-16/h1-10H. The van der Waals surface area contributed by atoms with Gasteiger partial charge < -0.3 is 0 Å². The molecule has 2 aromatic carbocycles. The molecule has 3 rings (SSSR count). The molecule has 0 aliphatic rings. The van der Waals surface area contributed by atoms with Gasteiger partial charge in [0.05, 0.1) is 0 Å². The highest BCUT2D eigenvalue weighted by atomic mass is 32.1. The Morgan fingerprint density at radius 2 is 1.32 bits per heavy atom. The van der Waals surface area contributed by atoms with Gasteiger partial charge in [0.1, 0.15) is 11.6 Å². The van der Waals surface area contributed by atoms with E-state index >= 15 is 0 Å². The van der Waals surface area contributed by atoms with Gasteiger partial charge in [-0.2, -0.15) is 0 Å². The Labute approximate surface area is 114 Å². The summed E-state index contributed by atoms with van der Waals surface area (Å²) in [7, 11) is 0. The van der Waals surface area contributed by atoms with Crippen molar-refractivity contribution in [2.45, 2.75) is 0 Å². The molecule has 1 aromatic heterocycles. The van der Waals surface area contributed by atoms with Gasteiger partial charge in [-0.15, -0.1) is 11.3 Å². The first-order valence-electron chi connectivity index (χ1n) is 5.83. The quantitative estimate of drug-likeness (QED) is 0.589. The van der Waals surface area contributed by atoms with Crippen LogP contribution in [0.5, 0.6) is 0 Å². The lowest BCUT2D eigenvalue weighted by molar-refractivity contribution is 0.584. The molecule has 0 radical (unpaired) electrons. The third kappa shape index (κ3) is 2.56. The SMILES string of the molecule is Fc1cc(F)cc(-c2ccc(-c3cccs3)cc2)c1. The van der Waals surface area contributed by atoms with Crippen LogP contribution >= 0.6 is 11.3 Å². The smallest absolute Gasteiger partial charge is 0.126 e. The van der Waals surface area contributed by atoms with Crippen molar-refractivity contribution in [1.29, 1.82) is 0 Å². The molecule has 0 saturated heterocycles. The third-order valence-electron chi connectivity index (χ3n) is 2.89. The van der Waals surface area contributed by atoms with Crippen molar-refractivity contribution in [2.24, 2.45) is 0 Å². The molecule has 0 aliphatic heterocycles. The van der Waals surface area contributed by atoms with Crippen LogP contribution in [-0.4, -0.2) is 0 Å². The first-order valence-corrected chi connectivity index (χ1v) is 6.71. The number of halogens is 2. The van der Waals surface area contributed by atoms with Crippen molar-refractivity contribution in [3.8, 4) is 21.6 Å². The van der Waals surface area contributed by atoms with Crippen LogP contribution in [0.2, 0.25) is 0 Å². The fraction of sp³-hybridized carbons (Fsp3) is 0. The van der Waals surface area contributed by atoms with Gasteiger partial charge in [-0.25, -0.2) is 8.78 Å². The van der Waals surface area contributed by atoms with Gasteiger partial charge in [-0.05, 0) is 40.3 Å². The van der Waals surface area contributed by atoms with E-state index < -0.39 is 11.6 Å². The van der Waals surface area contributed by atoms with Gasteiger partial charge in [-0.1, -0.05) is 30.3 Å². The van der Waals surface area contributed by atoms with E-state index in [2.05, 4.69) is 0 Å². The normalized spacial score (nSPS) is 10.6. The maximum absolute atomic E-state index is 13.2. The Hall–Kier alpha value is -2.00. The monoisotopic (exact) mass is 272 g/mol. The average Bonchev–Trinajstić information content (AvgIpc) is 2.91. The van der Waals surface area contributed by atoms with Crippen LogP contribution in [0.1, 0.15) is 0 Å². The molecule has 0 saturated carbocycles. The first kappa shape index (κ1) is 12.1. The molecule has 0 aliphatic carbocycles. The zero-order valence-electron chi connectivity index (χ0n) is 9.94. The Bertz CT molecular complexity index is 665. The van der Waals surface area contributed by atoms with Gasteiger partial charge in [0, 0.05) is 10.9 Å². The lowest BCUT2D eigenvalue weighted by Gasteiger charge is -2.04. The number of thiophene rings is 1. The lowest BCUT2D eigenvalue weighted by Crippen LogP contribution is -1.84. The van der Waals surface area contributed by atoms with E-state index in [1.807, 2.05) is 41.8 Å². The van der Waals surface area contributed by atoms with E-state index in [0.717, 1.165) is 17.2 Å². The molecule has 0 bridgehead atoms. The molecule has 0 N–H and O–H groups in total. The van der Waals surface area contributed by atoms with Crippen LogP contribution in [-0.2, 0) is 0 Å². The minimum absolute atomic E-state index is 0.551. The molecular formula is C16H10F2S. The summed E-state index contributed by atoms with van der Waals surface area (Å²) < 4.78 is 26.4. The van der Waals surface area contributed by atoms with Crippen molar-refractivity contribution < 1.29 is 8.78 Å². The largest absolute Gasteiger partial charge is 0.207 e. The Balaban J connectivity index is 1.98. The maximum Gasteiger partial charge on any atom is 0.126 e. The summed E-state index contributed by atoms with van der Waals surface area (Å²) in [5.41, 5.74) is 2.46. The van der Waals surface area contributed by atoms with Gasteiger partial charge in [-0.3, -0.25) is 0 Å². The summed E-state index contributed by atoms with van der Waals surface area (Å²) in [6, 6.07) is 15.3. The number of hydrogen-bond donors (Lipinski definition) is 0. The minimum atomic E-state index is -0.558. The first-order chi connectivity index (χ1) is 9.22. The second-order valence-electron chi connectivity index (χ2n) is 4.21. The fourth-order valence-electron chi connectivity index (χ4n) is 1.99. The van der Waals surface area contributed by atoms with Crippen molar-refractivity contribution in [3.63, 3.8) is 0 Å². The Kier molecular flexibility index (Phi) is 3.13. The van der Waals surface area contributed by atoms with E-state index in [1.54, 1.807) is 11.3 Å². The Morgan fingerprint density at radius 3 is 1.89 bits per heavy atom. The van der Waals surface area contributed by atoms with Crippen LogP contribution in [0.15, 0.2) is 60.0 Å². The van der Waals surface area contributed by atoms with E-state index in [-0.39, 0.29) is 0 Å². The van der Waals surface area contributed by atoms with Crippen LogP contribution in [0, 0.1) is 11.6 Å². The summed E-state index contributed by atoms with van der Waals surface area (Å²) in [6.45, 7) is 0. The molecule has 0 unspecified atom stereocenters. The van der Waals surface area contributed by atoms with E-state index in [4.69, 9.17) is 0 Å². The molecule has 0 nitrogen and oxygen atoms in total. The molecule has 0 amide bonds. The van der Waals surface area contributed by atoms with Gasteiger partial charge >= 0.3 is 0 Å². The van der Waals surface area contributed by atoms with Crippen molar-refractivity contribution in [1.82, 2.24) is 0 Å². The van der Waals surface area contributed by atoms with Crippen molar-refractivity contribution in [3.05, 3.63) is 71.6 Å². The highest BCUT2D eigenvalue weighted by Crippen LogP contribution is 2.28. The predicted octanol–water partition coefficient (Wildman–Crippen LogP) is 5.36. The van der Waals surface area contributed by atoms with Gasteiger partial charge in [0.2, 0.25) is 0 Å². The van der Waals surface area contributed by atoms with E-state index in [1.165, 1.54) is 17.0 Å². The summed E-state index contributed by atoms with van der Waals surface area (Å²) in [5, 5.41) is 2.02. The highest BCUT2D eigenvalue weighted by molar-refractivity contribution is 7.13. The average molecular weight is 272 g/mol.